The number of amides is 1. The zero-order valence-electron chi connectivity index (χ0n) is 13.0. The maximum atomic E-state index is 12.0. The van der Waals surface area contributed by atoms with Gasteiger partial charge in [-0.15, -0.1) is 0 Å². The summed E-state index contributed by atoms with van der Waals surface area (Å²) in [6.07, 6.45) is 5.80. The SMILES string of the molecule is CCN(CCC(=O)Nc1ccc(CN)cc1)C1CCCC1. The molecule has 0 aromatic heterocycles. The van der Waals surface area contributed by atoms with Crippen LogP contribution in [-0.4, -0.2) is 29.9 Å². The third kappa shape index (κ3) is 4.83. The van der Waals surface area contributed by atoms with E-state index in [0.717, 1.165) is 24.3 Å². The van der Waals surface area contributed by atoms with E-state index in [9.17, 15) is 4.79 Å². The number of nitrogens with one attached hydrogen (secondary N) is 1. The highest BCUT2D eigenvalue weighted by Crippen LogP contribution is 2.23. The molecule has 1 aliphatic carbocycles. The fourth-order valence-corrected chi connectivity index (χ4v) is 3.06. The summed E-state index contributed by atoms with van der Waals surface area (Å²) in [4.78, 5) is 14.5. The van der Waals surface area contributed by atoms with E-state index >= 15 is 0 Å². The van der Waals surface area contributed by atoms with Gasteiger partial charge in [-0.3, -0.25) is 4.79 Å². The largest absolute Gasteiger partial charge is 0.326 e. The highest BCUT2D eigenvalue weighted by molar-refractivity contribution is 5.90. The van der Waals surface area contributed by atoms with Crippen LogP contribution in [0.2, 0.25) is 0 Å². The van der Waals surface area contributed by atoms with Crippen molar-refractivity contribution in [2.24, 2.45) is 5.73 Å². The number of hydrogen-bond acceptors (Lipinski definition) is 3. The van der Waals surface area contributed by atoms with Crippen LogP contribution in [0.25, 0.3) is 0 Å². The molecule has 4 nitrogen and oxygen atoms in total. The van der Waals surface area contributed by atoms with E-state index in [-0.39, 0.29) is 5.91 Å². The quantitative estimate of drug-likeness (QED) is 0.811. The van der Waals surface area contributed by atoms with E-state index in [2.05, 4.69) is 17.1 Å². The first kappa shape index (κ1) is 16.0. The minimum absolute atomic E-state index is 0.0898. The van der Waals surface area contributed by atoms with Crippen LogP contribution >= 0.6 is 0 Å². The zero-order valence-corrected chi connectivity index (χ0v) is 13.0. The van der Waals surface area contributed by atoms with Gasteiger partial charge in [0.05, 0.1) is 0 Å². The molecule has 0 atom stereocenters. The van der Waals surface area contributed by atoms with Gasteiger partial charge in [-0.2, -0.15) is 0 Å². The molecule has 0 bridgehead atoms. The summed E-state index contributed by atoms with van der Waals surface area (Å²) in [5.41, 5.74) is 7.49. The second-order valence-corrected chi connectivity index (χ2v) is 5.77. The maximum Gasteiger partial charge on any atom is 0.225 e. The minimum Gasteiger partial charge on any atom is -0.326 e. The number of carbonyl (C=O) groups excluding carboxylic acids is 1. The lowest BCUT2D eigenvalue weighted by atomic mass is 10.2. The number of rotatable bonds is 7. The van der Waals surface area contributed by atoms with E-state index in [0.29, 0.717) is 19.0 Å². The number of benzene rings is 1. The minimum atomic E-state index is 0.0898. The van der Waals surface area contributed by atoms with E-state index in [1.165, 1.54) is 25.7 Å². The van der Waals surface area contributed by atoms with Gasteiger partial charge in [-0.25, -0.2) is 0 Å². The zero-order chi connectivity index (χ0) is 15.1. The molecule has 0 aliphatic heterocycles. The highest BCUT2D eigenvalue weighted by Gasteiger charge is 2.21. The lowest BCUT2D eigenvalue weighted by Crippen LogP contribution is -2.35. The molecule has 0 spiro atoms. The molecule has 1 fully saturated rings. The summed E-state index contributed by atoms with van der Waals surface area (Å²) in [5.74, 6) is 0.0898. The van der Waals surface area contributed by atoms with Crippen LogP contribution in [0, 0.1) is 0 Å². The molecule has 0 radical (unpaired) electrons. The van der Waals surface area contributed by atoms with E-state index in [1.807, 2.05) is 24.3 Å². The second kappa shape index (κ2) is 8.15. The van der Waals surface area contributed by atoms with Crippen LogP contribution < -0.4 is 11.1 Å². The molecule has 1 aliphatic rings. The Morgan fingerprint density at radius 1 is 1.29 bits per heavy atom. The molecule has 2 rings (SSSR count). The summed E-state index contributed by atoms with van der Waals surface area (Å²) in [6.45, 7) is 4.60. The van der Waals surface area contributed by atoms with Gasteiger partial charge in [0.2, 0.25) is 5.91 Å². The summed E-state index contributed by atoms with van der Waals surface area (Å²) in [7, 11) is 0. The van der Waals surface area contributed by atoms with E-state index < -0.39 is 0 Å². The van der Waals surface area contributed by atoms with Crippen molar-refractivity contribution in [3.63, 3.8) is 0 Å². The maximum absolute atomic E-state index is 12.0. The van der Waals surface area contributed by atoms with E-state index in [1.54, 1.807) is 0 Å². The first-order chi connectivity index (χ1) is 10.2. The molecule has 0 heterocycles. The summed E-state index contributed by atoms with van der Waals surface area (Å²) < 4.78 is 0. The molecule has 21 heavy (non-hydrogen) atoms. The molecule has 0 saturated heterocycles. The van der Waals surface area contributed by atoms with Gasteiger partial charge in [-0.05, 0) is 37.1 Å². The van der Waals surface area contributed by atoms with Crippen LogP contribution in [0.1, 0.15) is 44.6 Å². The van der Waals surface area contributed by atoms with Crippen LogP contribution in [0.4, 0.5) is 5.69 Å². The van der Waals surface area contributed by atoms with Gasteiger partial charge in [0.1, 0.15) is 0 Å². The number of hydrogen-bond donors (Lipinski definition) is 2. The Hall–Kier alpha value is -1.39. The van der Waals surface area contributed by atoms with Crippen molar-refractivity contribution >= 4 is 11.6 Å². The monoisotopic (exact) mass is 289 g/mol. The second-order valence-electron chi connectivity index (χ2n) is 5.77. The molecule has 4 heteroatoms. The van der Waals surface area contributed by atoms with E-state index in [4.69, 9.17) is 5.73 Å². The molecule has 116 valence electrons. The molecular weight excluding hydrogens is 262 g/mol. The third-order valence-electron chi connectivity index (χ3n) is 4.35. The fourth-order valence-electron chi connectivity index (χ4n) is 3.06. The average Bonchev–Trinajstić information content (AvgIpc) is 3.03. The Bertz CT molecular complexity index is 438. The smallest absolute Gasteiger partial charge is 0.225 e. The Labute approximate surface area is 127 Å². The molecule has 0 unspecified atom stereocenters. The number of nitrogens with two attached hydrogens (primary N) is 1. The van der Waals surface area contributed by atoms with Gasteiger partial charge in [0.25, 0.3) is 0 Å². The number of anilines is 1. The average molecular weight is 289 g/mol. The predicted octanol–water partition coefficient (Wildman–Crippen LogP) is 2.74. The van der Waals surface area contributed by atoms with Crippen molar-refractivity contribution in [1.29, 1.82) is 0 Å². The summed E-state index contributed by atoms with van der Waals surface area (Å²) >= 11 is 0. The Balaban J connectivity index is 1.77. The lowest BCUT2D eigenvalue weighted by molar-refractivity contribution is -0.116. The number of nitrogens with zero attached hydrogens (tertiary/aromatic N) is 1. The molecule has 1 saturated carbocycles. The molecule has 1 amide bonds. The highest BCUT2D eigenvalue weighted by atomic mass is 16.1. The Kier molecular flexibility index (Phi) is 6.21. The van der Waals surface area contributed by atoms with Gasteiger partial charge >= 0.3 is 0 Å². The van der Waals surface area contributed by atoms with Crippen LogP contribution in [0.15, 0.2) is 24.3 Å². The van der Waals surface area contributed by atoms with Gasteiger partial charge < -0.3 is 16.0 Å². The topological polar surface area (TPSA) is 58.4 Å². The molecule has 1 aromatic carbocycles. The third-order valence-corrected chi connectivity index (χ3v) is 4.35. The van der Waals surface area contributed by atoms with Crippen molar-refractivity contribution in [2.45, 2.75) is 51.6 Å². The molecular formula is C17H27N3O. The van der Waals surface area contributed by atoms with Gasteiger partial charge in [0.15, 0.2) is 0 Å². The lowest BCUT2D eigenvalue weighted by Gasteiger charge is -2.27. The standard InChI is InChI=1S/C17H27N3O/c1-2-20(16-5-3-4-6-16)12-11-17(21)19-15-9-7-14(13-18)8-10-15/h7-10,16H,2-6,11-13,18H2,1H3,(H,19,21). The Morgan fingerprint density at radius 2 is 1.95 bits per heavy atom. The fraction of sp³-hybridized carbons (Fsp3) is 0.588. The van der Waals surface area contributed by atoms with Crippen molar-refractivity contribution in [3.8, 4) is 0 Å². The molecule has 3 N–H and O–H groups in total. The van der Waals surface area contributed by atoms with Crippen molar-refractivity contribution in [1.82, 2.24) is 4.90 Å². The molecule has 1 aromatic rings. The van der Waals surface area contributed by atoms with Crippen molar-refractivity contribution in [3.05, 3.63) is 29.8 Å². The van der Waals surface area contributed by atoms with Crippen LogP contribution in [0.3, 0.4) is 0 Å². The van der Waals surface area contributed by atoms with Crippen LogP contribution in [-0.2, 0) is 11.3 Å². The Morgan fingerprint density at radius 3 is 2.52 bits per heavy atom. The first-order valence-corrected chi connectivity index (χ1v) is 8.06. The predicted molar refractivity (Wildman–Crippen MR) is 87.1 cm³/mol. The van der Waals surface area contributed by atoms with Gasteiger partial charge in [-0.1, -0.05) is 31.9 Å². The first-order valence-electron chi connectivity index (χ1n) is 8.06. The normalized spacial score (nSPS) is 15.6. The van der Waals surface area contributed by atoms with Crippen molar-refractivity contribution < 1.29 is 4.79 Å². The summed E-state index contributed by atoms with van der Waals surface area (Å²) in [5, 5.41) is 2.96. The number of carbonyl (C=O) groups is 1. The van der Waals surface area contributed by atoms with Gasteiger partial charge in [0, 0.05) is 31.2 Å². The van der Waals surface area contributed by atoms with Crippen LogP contribution in [0.5, 0.6) is 0 Å². The summed E-state index contributed by atoms with van der Waals surface area (Å²) in [6, 6.07) is 8.41. The van der Waals surface area contributed by atoms with Crippen molar-refractivity contribution in [2.75, 3.05) is 18.4 Å².